The molecule has 0 bridgehead atoms. The third kappa shape index (κ3) is 5.65. The number of nitrogens with one attached hydrogen (secondary N) is 1. The van der Waals surface area contributed by atoms with Gasteiger partial charge in [-0.2, -0.15) is 0 Å². The maximum absolute atomic E-state index is 10.9. The van der Waals surface area contributed by atoms with E-state index in [0.29, 0.717) is 59.4 Å². The highest BCUT2D eigenvalue weighted by Crippen LogP contribution is 2.44. The van der Waals surface area contributed by atoms with Crippen LogP contribution >= 0.6 is 0 Å². The van der Waals surface area contributed by atoms with E-state index in [9.17, 15) is 9.90 Å². The lowest BCUT2D eigenvalue weighted by Gasteiger charge is -2.16. The summed E-state index contributed by atoms with van der Waals surface area (Å²) in [7, 11) is 4.59. The highest BCUT2D eigenvalue weighted by atomic mass is 16.5. The van der Waals surface area contributed by atoms with Gasteiger partial charge in [0.05, 0.1) is 32.6 Å². The lowest BCUT2D eigenvalue weighted by Crippen LogP contribution is -2.30. The second kappa shape index (κ2) is 11.2. The number of phenols is 1. The fourth-order valence-corrected chi connectivity index (χ4v) is 3.38. The van der Waals surface area contributed by atoms with Crippen molar-refractivity contribution in [1.82, 2.24) is 9.97 Å². The number of nitrogens with zero attached hydrogens (tertiary/aromatic N) is 2. The highest BCUT2D eigenvalue weighted by molar-refractivity contribution is 5.87. The number of aliphatic carboxylic acids is 1. The van der Waals surface area contributed by atoms with Crippen LogP contribution in [-0.4, -0.2) is 60.1 Å². The van der Waals surface area contributed by atoms with Crippen LogP contribution < -0.4 is 25.3 Å². The summed E-state index contributed by atoms with van der Waals surface area (Å²) in [5.41, 5.74) is 7.86. The number of carboxylic acid groups (broad SMARTS) is 1. The second-order valence-electron chi connectivity index (χ2n) is 7.42. The molecule has 0 fully saturated rings. The molecular formula is C24H28N4O6. The van der Waals surface area contributed by atoms with Crippen molar-refractivity contribution in [2.75, 3.05) is 33.2 Å². The van der Waals surface area contributed by atoms with Crippen LogP contribution in [0.4, 0.5) is 5.95 Å². The third-order valence-electron chi connectivity index (χ3n) is 5.23. The number of phenolic OH excluding ortho intramolecular Hbond substituents is 1. The number of rotatable bonds is 11. The minimum Gasteiger partial charge on any atom is -0.507 e. The molecule has 1 unspecified atom stereocenters. The predicted molar refractivity (Wildman–Crippen MR) is 128 cm³/mol. The van der Waals surface area contributed by atoms with Gasteiger partial charge in [-0.1, -0.05) is 12.1 Å². The summed E-state index contributed by atoms with van der Waals surface area (Å²) < 4.78 is 16.0. The number of aromatic hydroxyl groups is 1. The van der Waals surface area contributed by atoms with E-state index in [1.54, 1.807) is 19.4 Å². The smallest absolute Gasteiger partial charge is 0.320 e. The van der Waals surface area contributed by atoms with Gasteiger partial charge in [-0.25, -0.2) is 9.97 Å². The topological polar surface area (TPSA) is 149 Å². The van der Waals surface area contributed by atoms with Crippen molar-refractivity contribution in [2.45, 2.75) is 18.9 Å². The van der Waals surface area contributed by atoms with E-state index < -0.39 is 12.0 Å². The molecule has 0 amide bonds. The average Bonchev–Trinajstić information content (AvgIpc) is 2.85. The number of aromatic nitrogens is 2. The minimum absolute atomic E-state index is 0.0666. The first-order valence-corrected chi connectivity index (χ1v) is 10.6. The fraction of sp³-hybridized carbons (Fsp3) is 0.292. The molecule has 1 heterocycles. The fourth-order valence-electron chi connectivity index (χ4n) is 3.38. The number of benzene rings is 2. The van der Waals surface area contributed by atoms with Crippen molar-refractivity contribution in [2.24, 2.45) is 5.73 Å². The monoisotopic (exact) mass is 468 g/mol. The molecule has 0 aliphatic carbocycles. The molecular weight excluding hydrogens is 440 g/mol. The molecule has 34 heavy (non-hydrogen) atoms. The Morgan fingerprint density at radius 2 is 1.79 bits per heavy atom. The first-order valence-electron chi connectivity index (χ1n) is 10.6. The Morgan fingerprint density at radius 3 is 2.41 bits per heavy atom. The molecule has 0 saturated carbocycles. The first-order chi connectivity index (χ1) is 16.4. The van der Waals surface area contributed by atoms with Crippen LogP contribution in [0.2, 0.25) is 0 Å². The zero-order valence-corrected chi connectivity index (χ0v) is 19.2. The molecule has 180 valence electrons. The summed E-state index contributed by atoms with van der Waals surface area (Å²) in [5, 5.41) is 22.8. The van der Waals surface area contributed by atoms with Gasteiger partial charge in [-0.05, 0) is 30.5 Å². The molecule has 0 aliphatic heterocycles. The van der Waals surface area contributed by atoms with Crippen LogP contribution in [0.3, 0.4) is 0 Å². The van der Waals surface area contributed by atoms with Gasteiger partial charge in [-0.15, -0.1) is 0 Å². The Labute approximate surface area is 197 Å². The summed E-state index contributed by atoms with van der Waals surface area (Å²) in [5.74, 6) is 0.727. The predicted octanol–water partition coefficient (Wildman–Crippen LogP) is 3.15. The molecule has 1 atom stereocenters. The second-order valence-corrected chi connectivity index (χ2v) is 7.42. The molecule has 0 radical (unpaired) electrons. The minimum atomic E-state index is -1.04. The van der Waals surface area contributed by atoms with Crippen LogP contribution in [0.25, 0.3) is 22.4 Å². The molecule has 0 spiro atoms. The van der Waals surface area contributed by atoms with E-state index in [2.05, 4.69) is 15.3 Å². The number of anilines is 1. The van der Waals surface area contributed by atoms with Crippen molar-refractivity contribution >= 4 is 11.9 Å². The molecule has 2 aromatic carbocycles. The number of methoxy groups -OCH3 is 3. The van der Waals surface area contributed by atoms with Crippen molar-refractivity contribution in [3.05, 3.63) is 42.6 Å². The number of carbonyl (C=O) groups is 1. The Balaban J connectivity index is 2.01. The zero-order chi connectivity index (χ0) is 24.7. The van der Waals surface area contributed by atoms with Crippen LogP contribution in [0.15, 0.2) is 42.6 Å². The number of ether oxygens (including phenoxy) is 3. The molecule has 1 aromatic heterocycles. The summed E-state index contributed by atoms with van der Waals surface area (Å²) >= 11 is 0. The molecule has 10 nitrogen and oxygen atoms in total. The van der Waals surface area contributed by atoms with E-state index in [-0.39, 0.29) is 5.75 Å². The summed E-state index contributed by atoms with van der Waals surface area (Å²) in [6.45, 7) is 0.425. The van der Waals surface area contributed by atoms with Crippen LogP contribution in [0.1, 0.15) is 12.8 Å². The Morgan fingerprint density at radius 1 is 1.09 bits per heavy atom. The van der Waals surface area contributed by atoms with Gasteiger partial charge in [0.2, 0.25) is 5.95 Å². The number of nitrogens with two attached hydrogens (primary N) is 1. The normalized spacial score (nSPS) is 11.5. The van der Waals surface area contributed by atoms with Crippen LogP contribution in [0.5, 0.6) is 23.0 Å². The standard InChI is InChI=1S/C24H28N4O6/c1-32-15-8-6-14(7-9-15)17-13-27-24(26-10-4-5-18(25)23(30)31)28-22(17)21-19(29)11-16(33-2)12-20(21)34-3/h6-9,11-13,18,29H,4-5,10,25H2,1-3H3,(H,30,31)(H,26,27,28). The van der Waals surface area contributed by atoms with Gasteiger partial charge < -0.3 is 35.5 Å². The highest BCUT2D eigenvalue weighted by Gasteiger charge is 2.21. The SMILES string of the molecule is COc1ccc(-c2cnc(NCCCC(N)C(=O)O)nc2-c2c(O)cc(OC)cc2OC)cc1. The van der Waals surface area contributed by atoms with Crippen molar-refractivity contribution in [1.29, 1.82) is 0 Å². The average molecular weight is 469 g/mol. The van der Waals surface area contributed by atoms with Gasteiger partial charge in [0, 0.05) is 30.4 Å². The van der Waals surface area contributed by atoms with Crippen LogP contribution in [0, 0.1) is 0 Å². The molecule has 3 aromatic rings. The van der Waals surface area contributed by atoms with E-state index >= 15 is 0 Å². The number of hydrogen-bond acceptors (Lipinski definition) is 9. The first kappa shape index (κ1) is 24.6. The van der Waals surface area contributed by atoms with Crippen molar-refractivity contribution in [3.8, 4) is 45.4 Å². The maximum atomic E-state index is 10.9. The number of hydrogen-bond donors (Lipinski definition) is 4. The van der Waals surface area contributed by atoms with E-state index in [1.807, 2.05) is 24.3 Å². The molecule has 5 N–H and O–H groups in total. The largest absolute Gasteiger partial charge is 0.507 e. The molecule has 0 saturated heterocycles. The summed E-state index contributed by atoms with van der Waals surface area (Å²) in [6.07, 6.45) is 2.48. The lowest BCUT2D eigenvalue weighted by molar-refractivity contribution is -0.138. The Bertz CT molecular complexity index is 1140. The van der Waals surface area contributed by atoms with Gasteiger partial charge >= 0.3 is 5.97 Å². The van der Waals surface area contributed by atoms with E-state index in [4.69, 9.17) is 25.1 Å². The summed E-state index contributed by atoms with van der Waals surface area (Å²) in [6, 6.07) is 9.61. The van der Waals surface area contributed by atoms with Gasteiger partial charge in [0.15, 0.2) is 0 Å². The third-order valence-corrected chi connectivity index (χ3v) is 5.23. The zero-order valence-electron chi connectivity index (χ0n) is 19.2. The van der Waals surface area contributed by atoms with Crippen molar-refractivity contribution < 1.29 is 29.2 Å². The molecule has 0 aliphatic rings. The maximum Gasteiger partial charge on any atom is 0.320 e. The van der Waals surface area contributed by atoms with E-state index in [0.717, 1.165) is 5.56 Å². The Kier molecular flexibility index (Phi) is 8.10. The molecule has 10 heteroatoms. The van der Waals surface area contributed by atoms with Gasteiger partial charge in [0.25, 0.3) is 0 Å². The van der Waals surface area contributed by atoms with Crippen molar-refractivity contribution in [3.63, 3.8) is 0 Å². The van der Waals surface area contributed by atoms with Gasteiger partial charge in [0.1, 0.15) is 29.0 Å². The lowest BCUT2D eigenvalue weighted by atomic mass is 9.99. The summed E-state index contributed by atoms with van der Waals surface area (Å²) in [4.78, 5) is 20.0. The number of carboxylic acids is 1. The quantitative estimate of drug-likeness (QED) is 0.309. The Hall–Kier alpha value is -4.05. The molecule has 3 rings (SSSR count). The van der Waals surface area contributed by atoms with Gasteiger partial charge in [-0.3, -0.25) is 4.79 Å². The van der Waals surface area contributed by atoms with E-state index in [1.165, 1.54) is 20.3 Å². The van der Waals surface area contributed by atoms with Crippen LogP contribution in [-0.2, 0) is 4.79 Å².